The molecule has 1 saturated carbocycles. The fourth-order valence-electron chi connectivity index (χ4n) is 2.03. The van der Waals surface area contributed by atoms with Gasteiger partial charge in [-0.15, -0.1) is 0 Å². The fourth-order valence-corrected chi connectivity index (χ4v) is 2.03. The van der Waals surface area contributed by atoms with Crippen molar-refractivity contribution in [3.63, 3.8) is 0 Å². The van der Waals surface area contributed by atoms with Gasteiger partial charge in [-0.05, 0) is 32.1 Å². The summed E-state index contributed by atoms with van der Waals surface area (Å²) >= 11 is 0. The van der Waals surface area contributed by atoms with Crippen LogP contribution in [0.4, 0.5) is 0 Å². The molecule has 1 aliphatic carbocycles. The van der Waals surface area contributed by atoms with E-state index in [4.69, 9.17) is 5.73 Å². The summed E-state index contributed by atoms with van der Waals surface area (Å²) in [6, 6.07) is -0.282. The average Bonchev–Trinajstić information content (AvgIpc) is 2.16. The van der Waals surface area contributed by atoms with Crippen LogP contribution in [-0.4, -0.2) is 29.9 Å². The molecule has 0 bridgehead atoms. The number of amides is 1. The zero-order valence-corrected chi connectivity index (χ0v) is 10.0. The SMILES string of the molecule is CCC[C@H](N)C(=O)N(CC)CC1CCC1. The highest BCUT2D eigenvalue weighted by Gasteiger charge is 2.25. The molecule has 88 valence electrons. The minimum absolute atomic E-state index is 0.145. The van der Waals surface area contributed by atoms with Gasteiger partial charge in [0.05, 0.1) is 6.04 Å². The predicted octanol–water partition coefficient (Wildman–Crippen LogP) is 1.76. The molecule has 0 heterocycles. The van der Waals surface area contributed by atoms with E-state index in [1.54, 1.807) is 0 Å². The molecule has 0 spiro atoms. The molecule has 0 aromatic carbocycles. The molecule has 1 fully saturated rings. The molecule has 3 heteroatoms. The molecule has 1 atom stereocenters. The number of nitrogens with two attached hydrogens (primary N) is 1. The number of hydrogen-bond donors (Lipinski definition) is 1. The predicted molar refractivity (Wildman–Crippen MR) is 62.5 cm³/mol. The molecule has 2 N–H and O–H groups in total. The number of likely N-dealkylation sites (N-methyl/N-ethyl adjacent to an activating group) is 1. The summed E-state index contributed by atoms with van der Waals surface area (Å²) in [5.74, 6) is 0.883. The van der Waals surface area contributed by atoms with Crippen molar-refractivity contribution >= 4 is 5.91 Å². The van der Waals surface area contributed by atoms with Gasteiger partial charge in [-0.25, -0.2) is 0 Å². The normalized spacial score (nSPS) is 18.3. The monoisotopic (exact) mass is 212 g/mol. The second kappa shape index (κ2) is 6.11. The Bertz CT molecular complexity index is 202. The Hall–Kier alpha value is -0.570. The van der Waals surface area contributed by atoms with E-state index in [0.717, 1.165) is 31.8 Å². The molecule has 0 aliphatic heterocycles. The maximum atomic E-state index is 11.9. The average molecular weight is 212 g/mol. The summed E-state index contributed by atoms with van der Waals surface area (Å²) in [4.78, 5) is 13.9. The van der Waals surface area contributed by atoms with Crippen LogP contribution < -0.4 is 5.73 Å². The van der Waals surface area contributed by atoms with Crippen LogP contribution in [0.25, 0.3) is 0 Å². The molecule has 0 aromatic rings. The summed E-state index contributed by atoms with van der Waals surface area (Å²) in [6.45, 7) is 5.82. The fraction of sp³-hybridized carbons (Fsp3) is 0.917. The number of carbonyl (C=O) groups is 1. The second-order valence-electron chi connectivity index (χ2n) is 4.57. The smallest absolute Gasteiger partial charge is 0.239 e. The largest absolute Gasteiger partial charge is 0.341 e. The lowest BCUT2D eigenvalue weighted by Gasteiger charge is -2.33. The molecule has 1 rings (SSSR count). The van der Waals surface area contributed by atoms with Crippen LogP contribution in [0.5, 0.6) is 0 Å². The van der Waals surface area contributed by atoms with Gasteiger partial charge in [0, 0.05) is 13.1 Å². The highest BCUT2D eigenvalue weighted by atomic mass is 16.2. The van der Waals surface area contributed by atoms with Gasteiger partial charge in [0.25, 0.3) is 0 Å². The molecular formula is C12H24N2O. The van der Waals surface area contributed by atoms with E-state index in [1.807, 2.05) is 11.8 Å². The van der Waals surface area contributed by atoms with Crippen LogP contribution >= 0.6 is 0 Å². The Morgan fingerprint density at radius 1 is 1.47 bits per heavy atom. The third-order valence-electron chi connectivity index (χ3n) is 3.31. The quantitative estimate of drug-likeness (QED) is 0.729. The van der Waals surface area contributed by atoms with E-state index in [9.17, 15) is 4.79 Å². The van der Waals surface area contributed by atoms with Gasteiger partial charge in [0.1, 0.15) is 0 Å². The van der Waals surface area contributed by atoms with Crippen molar-refractivity contribution in [2.24, 2.45) is 11.7 Å². The minimum atomic E-state index is -0.282. The van der Waals surface area contributed by atoms with Crippen molar-refractivity contribution in [2.75, 3.05) is 13.1 Å². The second-order valence-corrected chi connectivity index (χ2v) is 4.57. The van der Waals surface area contributed by atoms with E-state index < -0.39 is 0 Å². The first-order chi connectivity index (χ1) is 7.19. The first-order valence-corrected chi connectivity index (χ1v) is 6.23. The molecule has 0 aromatic heterocycles. The first kappa shape index (κ1) is 12.5. The highest BCUT2D eigenvalue weighted by Crippen LogP contribution is 2.27. The topological polar surface area (TPSA) is 46.3 Å². The third-order valence-corrected chi connectivity index (χ3v) is 3.31. The lowest BCUT2D eigenvalue weighted by atomic mass is 9.85. The van der Waals surface area contributed by atoms with E-state index in [-0.39, 0.29) is 11.9 Å². The molecular weight excluding hydrogens is 188 g/mol. The van der Waals surface area contributed by atoms with Gasteiger partial charge >= 0.3 is 0 Å². The number of carbonyl (C=O) groups excluding carboxylic acids is 1. The molecule has 15 heavy (non-hydrogen) atoms. The van der Waals surface area contributed by atoms with Crippen LogP contribution in [0.3, 0.4) is 0 Å². The number of rotatable bonds is 6. The van der Waals surface area contributed by atoms with Gasteiger partial charge in [0.2, 0.25) is 5.91 Å². The van der Waals surface area contributed by atoms with Crippen molar-refractivity contribution in [1.82, 2.24) is 4.90 Å². The molecule has 1 aliphatic rings. The molecule has 0 saturated heterocycles. The zero-order chi connectivity index (χ0) is 11.3. The van der Waals surface area contributed by atoms with Gasteiger partial charge < -0.3 is 10.6 Å². The maximum absolute atomic E-state index is 11.9. The van der Waals surface area contributed by atoms with Crippen molar-refractivity contribution < 1.29 is 4.79 Å². The Morgan fingerprint density at radius 2 is 2.13 bits per heavy atom. The van der Waals surface area contributed by atoms with Gasteiger partial charge in [-0.3, -0.25) is 4.79 Å². The summed E-state index contributed by atoms with van der Waals surface area (Å²) < 4.78 is 0. The van der Waals surface area contributed by atoms with Gasteiger partial charge in [-0.1, -0.05) is 19.8 Å². The van der Waals surface area contributed by atoms with Crippen LogP contribution in [0.2, 0.25) is 0 Å². The van der Waals surface area contributed by atoms with Crippen molar-refractivity contribution in [3.05, 3.63) is 0 Å². The lowest BCUT2D eigenvalue weighted by Crippen LogP contribution is -2.46. The Kier molecular flexibility index (Phi) is 5.09. The Morgan fingerprint density at radius 3 is 2.53 bits per heavy atom. The van der Waals surface area contributed by atoms with Gasteiger partial charge in [-0.2, -0.15) is 0 Å². The van der Waals surface area contributed by atoms with Crippen molar-refractivity contribution in [3.8, 4) is 0 Å². The van der Waals surface area contributed by atoms with E-state index in [0.29, 0.717) is 0 Å². The summed E-state index contributed by atoms with van der Waals surface area (Å²) in [6.07, 6.45) is 5.69. The summed E-state index contributed by atoms with van der Waals surface area (Å²) in [5, 5.41) is 0. The molecule has 1 amide bonds. The van der Waals surface area contributed by atoms with Gasteiger partial charge in [0.15, 0.2) is 0 Å². The zero-order valence-electron chi connectivity index (χ0n) is 10.0. The first-order valence-electron chi connectivity index (χ1n) is 6.23. The molecule has 3 nitrogen and oxygen atoms in total. The third kappa shape index (κ3) is 3.49. The standard InChI is InChI=1S/C12H24N2O/c1-3-6-11(13)12(15)14(4-2)9-10-7-5-8-10/h10-11H,3-9,13H2,1-2H3/t11-/m0/s1. The molecule has 0 unspecified atom stereocenters. The minimum Gasteiger partial charge on any atom is -0.341 e. The van der Waals surface area contributed by atoms with E-state index in [1.165, 1.54) is 19.3 Å². The van der Waals surface area contributed by atoms with Crippen LogP contribution in [0.1, 0.15) is 46.0 Å². The summed E-state index contributed by atoms with van der Waals surface area (Å²) in [7, 11) is 0. The number of hydrogen-bond acceptors (Lipinski definition) is 2. The lowest BCUT2D eigenvalue weighted by molar-refractivity contribution is -0.133. The number of nitrogens with zero attached hydrogens (tertiary/aromatic N) is 1. The Labute approximate surface area is 93.0 Å². The van der Waals surface area contributed by atoms with Crippen molar-refractivity contribution in [1.29, 1.82) is 0 Å². The maximum Gasteiger partial charge on any atom is 0.239 e. The highest BCUT2D eigenvalue weighted by molar-refractivity contribution is 5.81. The van der Waals surface area contributed by atoms with Crippen LogP contribution in [0, 0.1) is 5.92 Å². The van der Waals surface area contributed by atoms with E-state index in [2.05, 4.69) is 6.92 Å². The summed E-state index contributed by atoms with van der Waals surface area (Å²) in [5.41, 5.74) is 5.85. The van der Waals surface area contributed by atoms with Crippen molar-refractivity contribution in [2.45, 2.75) is 52.0 Å². The van der Waals surface area contributed by atoms with Crippen LogP contribution in [-0.2, 0) is 4.79 Å². The Balaban J connectivity index is 2.37. The van der Waals surface area contributed by atoms with E-state index >= 15 is 0 Å². The molecule has 0 radical (unpaired) electrons. The van der Waals surface area contributed by atoms with Crippen LogP contribution in [0.15, 0.2) is 0 Å².